The number of hydrogen-bond donors (Lipinski definition) is 2. The lowest BCUT2D eigenvalue weighted by atomic mass is 10.0. The first-order valence-corrected chi connectivity index (χ1v) is 7.66. The van der Waals surface area contributed by atoms with E-state index in [0.717, 1.165) is 6.07 Å². The molecule has 0 aliphatic heterocycles. The van der Waals surface area contributed by atoms with Crippen molar-refractivity contribution in [2.45, 2.75) is 18.9 Å². The number of alkyl halides is 2. The molecule has 6 heteroatoms. The van der Waals surface area contributed by atoms with Crippen molar-refractivity contribution in [1.29, 1.82) is 0 Å². The van der Waals surface area contributed by atoms with Crippen molar-refractivity contribution in [1.82, 2.24) is 5.32 Å². The summed E-state index contributed by atoms with van der Waals surface area (Å²) in [5.41, 5.74) is -0.830. The maximum atomic E-state index is 13.5. The van der Waals surface area contributed by atoms with Crippen LogP contribution in [-0.2, 0) is 0 Å². The Kier molecular flexibility index (Phi) is 5.59. The Labute approximate surface area is 122 Å². The van der Waals surface area contributed by atoms with Crippen LogP contribution in [0.5, 0.6) is 5.75 Å². The lowest BCUT2D eigenvalue weighted by molar-refractivity contribution is 0.0908. The summed E-state index contributed by atoms with van der Waals surface area (Å²) in [7, 11) is 0. The second kappa shape index (κ2) is 6.52. The fourth-order valence-corrected chi connectivity index (χ4v) is 3.42. The largest absolute Gasteiger partial charge is 0.507 e. The first kappa shape index (κ1) is 15.4. The van der Waals surface area contributed by atoms with Crippen LogP contribution in [0.1, 0.15) is 23.7 Å². The summed E-state index contributed by atoms with van der Waals surface area (Å²) in [4.78, 5) is 12.0. The molecule has 0 atom stereocenters. The highest BCUT2D eigenvalue weighted by Gasteiger charge is 2.30. The minimum Gasteiger partial charge on any atom is -0.507 e. The average molecular weight is 383 g/mol. The second-order valence-electron chi connectivity index (χ2n) is 3.99. The van der Waals surface area contributed by atoms with Gasteiger partial charge in [0, 0.05) is 10.7 Å². The Balaban J connectivity index is 3.02. The molecule has 0 spiro atoms. The molecule has 1 aromatic rings. The zero-order valence-electron chi connectivity index (χ0n) is 9.84. The van der Waals surface area contributed by atoms with E-state index in [1.165, 1.54) is 12.1 Å². The third kappa shape index (κ3) is 3.23. The van der Waals surface area contributed by atoms with Crippen LogP contribution >= 0.6 is 31.9 Å². The van der Waals surface area contributed by atoms with Crippen molar-refractivity contribution in [3.8, 4) is 5.75 Å². The van der Waals surface area contributed by atoms with E-state index in [2.05, 4.69) is 37.2 Å². The number of carbonyl (C=O) groups is 1. The van der Waals surface area contributed by atoms with Gasteiger partial charge in [-0.05, 0) is 18.6 Å². The van der Waals surface area contributed by atoms with Gasteiger partial charge in [-0.2, -0.15) is 0 Å². The standard InChI is InChI=1S/C12H14Br2FNO2/c1-2-12(6-13,7-14)16-11(18)10-8(15)4-3-5-9(10)17/h3-5,17H,2,6-7H2,1H3,(H,16,18). The van der Waals surface area contributed by atoms with Gasteiger partial charge in [0.15, 0.2) is 0 Å². The maximum Gasteiger partial charge on any atom is 0.258 e. The Morgan fingerprint density at radius 2 is 2.06 bits per heavy atom. The summed E-state index contributed by atoms with van der Waals surface area (Å²) in [6.07, 6.45) is 0.671. The van der Waals surface area contributed by atoms with Crippen LogP contribution in [0.3, 0.4) is 0 Å². The van der Waals surface area contributed by atoms with Gasteiger partial charge in [-0.15, -0.1) is 0 Å². The maximum absolute atomic E-state index is 13.5. The number of benzene rings is 1. The Hall–Kier alpha value is -0.620. The number of aromatic hydroxyl groups is 1. The lowest BCUT2D eigenvalue weighted by Gasteiger charge is -2.30. The van der Waals surface area contributed by atoms with E-state index in [1.54, 1.807) is 0 Å². The van der Waals surface area contributed by atoms with Crippen LogP contribution in [0.25, 0.3) is 0 Å². The van der Waals surface area contributed by atoms with E-state index in [-0.39, 0.29) is 11.3 Å². The van der Waals surface area contributed by atoms with Gasteiger partial charge in [0.2, 0.25) is 0 Å². The molecule has 1 rings (SSSR count). The Morgan fingerprint density at radius 1 is 1.44 bits per heavy atom. The topological polar surface area (TPSA) is 49.3 Å². The molecule has 0 aliphatic carbocycles. The molecule has 0 heterocycles. The number of phenolic OH excluding ortho intramolecular Hbond substituents is 1. The van der Waals surface area contributed by atoms with E-state index in [9.17, 15) is 14.3 Å². The number of hydrogen-bond acceptors (Lipinski definition) is 2. The smallest absolute Gasteiger partial charge is 0.258 e. The number of carbonyl (C=O) groups excluding carboxylic acids is 1. The summed E-state index contributed by atoms with van der Waals surface area (Å²) < 4.78 is 13.5. The Morgan fingerprint density at radius 3 is 2.50 bits per heavy atom. The predicted octanol–water partition coefficient (Wildman–Crippen LogP) is 3.20. The van der Waals surface area contributed by atoms with Crippen LogP contribution in [0, 0.1) is 5.82 Å². The van der Waals surface area contributed by atoms with E-state index in [1.807, 2.05) is 6.92 Å². The summed E-state index contributed by atoms with van der Waals surface area (Å²) in [5.74, 6) is -1.71. The van der Waals surface area contributed by atoms with Crippen LogP contribution in [0.15, 0.2) is 18.2 Å². The molecule has 0 radical (unpaired) electrons. The van der Waals surface area contributed by atoms with Gasteiger partial charge in [0.25, 0.3) is 5.91 Å². The van der Waals surface area contributed by atoms with Gasteiger partial charge in [-0.3, -0.25) is 4.79 Å². The predicted molar refractivity (Wildman–Crippen MR) is 76.1 cm³/mol. The molecule has 0 aromatic heterocycles. The first-order chi connectivity index (χ1) is 8.49. The van der Waals surface area contributed by atoms with Crippen molar-refractivity contribution in [3.05, 3.63) is 29.6 Å². The number of amides is 1. The van der Waals surface area contributed by atoms with Crippen molar-refractivity contribution in [3.63, 3.8) is 0 Å². The molecule has 0 bridgehead atoms. The number of phenols is 1. The van der Waals surface area contributed by atoms with Crippen LogP contribution in [-0.4, -0.2) is 27.2 Å². The summed E-state index contributed by atoms with van der Waals surface area (Å²) in [6.45, 7) is 1.92. The normalized spacial score (nSPS) is 11.3. The highest BCUT2D eigenvalue weighted by molar-refractivity contribution is 9.09. The molecule has 0 saturated heterocycles. The van der Waals surface area contributed by atoms with Crippen molar-refractivity contribution in [2.75, 3.05) is 10.7 Å². The van der Waals surface area contributed by atoms with Gasteiger partial charge >= 0.3 is 0 Å². The Bertz CT molecular complexity index is 408. The zero-order valence-corrected chi connectivity index (χ0v) is 13.0. The van der Waals surface area contributed by atoms with Crippen LogP contribution in [0.4, 0.5) is 4.39 Å². The van der Waals surface area contributed by atoms with Crippen LogP contribution < -0.4 is 5.32 Å². The minimum absolute atomic E-state index is 0.322. The van der Waals surface area contributed by atoms with Gasteiger partial charge in [-0.1, -0.05) is 44.8 Å². The lowest BCUT2D eigenvalue weighted by Crippen LogP contribution is -2.51. The zero-order chi connectivity index (χ0) is 13.8. The molecular weight excluding hydrogens is 369 g/mol. The second-order valence-corrected chi connectivity index (χ2v) is 5.11. The summed E-state index contributed by atoms with van der Waals surface area (Å²) in [5, 5.41) is 13.4. The molecule has 1 aromatic carbocycles. The van der Waals surface area contributed by atoms with Gasteiger partial charge < -0.3 is 10.4 Å². The van der Waals surface area contributed by atoms with Gasteiger partial charge in [0.05, 0.1) is 5.54 Å². The monoisotopic (exact) mass is 381 g/mol. The fraction of sp³-hybridized carbons (Fsp3) is 0.417. The first-order valence-electron chi connectivity index (χ1n) is 5.41. The highest BCUT2D eigenvalue weighted by atomic mass is 79.9. The van der Waals surface area contributed by atoms with Crippen LogP contribution in [0.2, 0.25) is 0 Å². The molecular formula is C12H14Br2FNO2. The third-order valence-electron chi connectivity index (χ3n) is 2.79. The van der Waals surface area contributed by atoms with Crippen molar-refractivity contribution >= 4 is 37.8 Å². The molecule has 1 amide bonds. The molecule has 0 saturated carbocycles. The number of rotatable bonds is 5. The van der Waals surface area contributed by atoms with Gasteiger partial charge in [0.1, 0.15) is 17.1 Å². The SMILES string of the molecule is CCC(CBr)(CBr)NC(=O)c1c(O)cccc1F. The summed E-state index contributed by atoms with van der Waals surface area (Å²) in [6, 6.07) is 3.78. The molecule has 0 aliphatic rings. The quantitative estimate of drug-likeness (QED) is 0.768. The number of halogens is 3. The average Bonchev–Trinajstić information content (AvgIpc) is 2.36. The summed E-state index contributed by atoms with van der Waals surface area (Å²) >= 11 is 6.66. The van der Waals surface area contributed by atoms with Gasteiger partial charge in [-0.25, -0.2) is 4.39 Å². The highest BCUT2D eigenvalue weighted by Crippen LogP contribution is 2.23. The molecule has 18 heavy (non-hydrogen) atoms. The van der Waals surface area contributed by atoms with E-state index in [4.69, 9.17) is 0 Å². The molecule has 0 unspecified atom stereocenters. The molecule has 100 valence electrons. The van der Waals surface area contributed by atoms with Crippen molar-refractivity contribution in [2.24, 2.45) is 0 Å². The van der Waals surface area contributed by atoms with E-state index >= 15 is 0 Å². The van der Waals surface area contributed by atoms with E-state index < -0.39 is 17.3 Å². The molecule has 3 nitrogen and oxygen atoms in total. The molecule has 2 N–H and O–H groups in total. The third-order valence-corrected chi connectivity index (χ3v) is 4.93. The molecule has 0 fully saturated rings. The fourth-order valence-electron chi connectivity index (χ4n) is 1.42. The minimum atomic E-state index is -0.735. The van der Waals surface area contributed by atoms with Crippen molar-refractivity contribution < 1.29 is 14.3 Å². The number of nitrogens with one attached hydrogen (secondary N) is 1. The van der Waals surface area contributed by atoms with E-state index in [0.29, 0.717) is 17.1 Å².